The number of anilines is 1. The van der Waals surface area contributed by atoms with Crippen LogP contribution in [0.4, 0.5) is 5.69 Å². The van der Waals surface area contributed by atoms with Crippen molar-refractivity contribution in [2.45, 2.75) is 49.8 Å². The van der Waals surface area contributed by atoms with Gasteiger partial charge < -0.3 is 5.32 Å². The second-order valence-electron chi connectivity index (χ2n) is 6.78. The third-order valence-corrected chi connectivity index (χ3v) is 6.44. The van der Waals surface area contributed by atoms with E-state index in [1.165, 1.54) is 0 Å². The highest BCUT2D eigenvalue weighted by Gasteiger charge is 2.34. The molecule has 120 valence electrons. The Bertz CT molecular complexity index is 704. The highest BCUT2D eigenvalue weighted by molar-refractivity contribution is 7.89. The number of nitrogens with zero attached hydrogens (tertiary/aromatic N) is 1. The van der Waals surface area contributed by atoms with Crippen molar-refractivity contribution in [1.82, 2.24) is 4.31 Å². The lowest BCUT2D eigenvalue weighted by Crippen LogP contribution is -2.36. The Balaban J connectivity index is 2.01. The van der Waals surface area contributed by atoms with Crippen molar-refractivity contribution < 1.29 is 13.2 Å². The molecule has 0 aromatic heterocycles. The normalized spacial score (nSPS) is 22.0. The summed E-state index contributed by atoms with van der Waals surface area (Å²) in [6.07, 6.45) is 3.31. The van der Waals surface area contributed by atoms with Crippen molar-refractivity contribution in [2.24, 2.45) is 0 Å². The van der Waals surface area contributed by atoms with E-state index in [0.717, 1.165) is 30.5 Å². The standard InChI is InChI=1S/C16H22N2O3S/c1-16(2)11-15(19)17-14-7-6-12(10-13(14)16)22(20,21)18-8-4-3-5-9-18/h6-7,10H,3-5,8-9,11H2,1-2H3,(H,17,19). The maximum absolute atomic E-state index is 12.8. The number of piperidine rings is 1. The molecule has 1 N–H and O–H groups in total. The minimum atomic E-state index is -3.44. The van der Waals surface area contributed by atoms with E-state index in [4.69, 9.17) is 0 Å². The number of sulfonamides is 1. The van der Waals surface area contributed by atoms with E-state index < -0.39 is 10.0 Å². The van der Waals surface area contributed by atoms with Gasteiger partial charge in [0.2, 0.25) is 15.9 Å². The Labute approximate surface area is 131 Å². The molecule has 0 atom stereocenters. The number of rotatable bonds is 2. The quantitative estimate of drug-likeness (QED) is 0.909. The highest BCUT2D eigenvalue weighted by Crippen LogP contribution is 2.38. The molecule has 2 heterocycles. The first-order valence-electron chi connectivity index (χ1n) is 7.75. The molecule has 0 aliphatic carbocycles. The summed E-state index contributed by atoms with van der Waals surface area (Å²) in [4.78, 5) is 12.1. The molecule has 2 aliphatic rings. The first kappa shape index (κ1) is 15.5. The fraction of sp³-hybridized carbons (Fsp3) is 0.562. The van der Waals surface area contributed by atoms with Crippen molar-refractivity contribution in [3.05, 3.63) is 23.8 Å². The monoisotopic (exact) mass is 322 g/mol. The van der Waals surface area contributed by atoms with Gasteiger partial charge in [0, 0.05) is 30.6 Å². The van der Waals surface area contributed by atoms with E-state index in [1.807, 2.05) is 13.8 Å². The summed E-state index contributed by atoms with van der Waals surface area (Å²) >= 11 is 0. The molecule has 1 amide bonds. The molecule has 0 radical (unpaired) electrons. The van der Waals surface area contributed by atoms with Crippen molar-refractivity contribution in [2.75, 3.05) is 18.4 Å². The van der Waals surface area contributed by atoms with Crippen molar-refractivity contribution in [1.29, 1.82) is 0 Å². The van der Waals surface area contributed by atoms with Crippen LogP contribution in [-0.2, 0) is 20.2 Å². The molecule has 1 fully saturated rings. The van der Waals surface area contributed by atoms with Crippen LogP contribution in [0.2, 0.25) is 0 Å². The van der Waals surface area contributed by atoms with Gasteiger partial charge in [-0.3, -0.25) is 4.79 Å². The summed E-state index contributed by atoms with van der Waals surface area (Å²) in [5.41, 5.74) is 1.26. The molecular formula is C16H22N2O3S. The Kier molecular flexibility index (Phi) is 3.77. The average molecular weight is 322 g/mol. The third-order valence-electron chi connectivity index (χ3n) is 4.55. The van der Waals surface area contributed by atoms with Gasteiger partial charge in [-0.1, -0.05) is 20.3 Å². The van der Waals surface area contributed by atoms with Crippen molar-refractivity contribution >= 4 is 21.6 Å². The third kappa shape index (κ3) is 2.65. The first-order chi connectivity index (χ1) is 10.3. The Hall–Kier alpha value is -1.40. The SMILES string of the molecule is CC1(C)CC(=O)Nc2ccc(S(=O)(=O)N3CCCCC3)cc21. The minimum Gasteiger partial charge on any atom is -0.326 e. The van der Waals surface area contributed by atoms with Crippen LogP contribution in [-0.4, -0.2) is 31.7 Å². The number of fused-ring (bicyclic) bond motifs is 1. The summed E-state index contributed by atoms with van der Waals surface area (Å²) in [5.74, 6) is -0.0239. The Morgan fingerprint density at radius 1 is 1.14 bits per heavy atom. The number of hydrogen-bond donors (Lipinski definition) is 1. The van der Waals surface area contributed by atoms with Gasteiger partial charge in [-0.05, 0) is 36.6 Å². The molecule has 22 heavy (non-hydrogen) atoms. The van der Waals surface area contributed by atoms with Gasteiger partial charge in [-0.2, -0.15) is 4.31 Å². The summed E-state index contributed by atoms with van der Waals surface area (Å²) < 4.78 is 27.1. The smallest absolute Gasteiger partial charge is 0.243 e. The van der Waals surface area contributed by atoms with Gasteiger partial charge in [0.1, 0.15) is 0 Å². The van der Waals surface area contributed by atoms with Crippen LogP contribution < -0.4 is 5.32 Å². The molecule has 0 unspecified atom stereocenters. The van der Waals surface area contributed by atoms with Gasteiger partial charge in [-0.25, -0.2) is 8.42 Å². The predicted octanol–water partition coefficient (Wildman–Crippen LogP) is 2.48. The second kappa shape index (κ2) is 5.35. The van der Waals surface area contributed by atoms with E-state index in [0.29, 0.717) is 24.4 Å². The highest BCUT2D eigenvalue weighted by atomic mass is 32.2. The second-order valence-corrected chi connectivity index (χ2v) is 8.72. The number of nitrogens with one attached hydrogen (secondary N) is 1. The Morgan fingerprint density at radius 2 is 1.82 bits per heavy atom. The molecule has 1 saturated heterocycles. The molecule has 0 spiro atoms. The number of carbonyl (C=O) groups excluding carboxylic acids is 1. The van der Waals surface area contributed by atoms with Crippen LogP contribution in [0.15, 0.2) is 23.1 Å². The maximum Gasteiger partial charge on any atom is 0.243 e. The fourth-order valence-corrected chi connectivity index (χ4v) is 4.84. The first-order valence-corrected chi connectivity index (χ1v) is 9.19. The van der Waals surface area contributed by atoms with Crippen molar-refractivity contribution in [3.8, 4) is 0 Å². The van der Waals surface area contributed by atoms with Crippen LogP contribution >= 0.6 is 0 Å². The zero-order chi connectivity index (χ0) is 16.0. The number of benzene rings is 1. The largest absolute Gasteiger partial charge is 0.326 e. The molecule has 1 aromatic carbocycles. The number of amides is 1. The molecule has 5 nitrogen and oxygen atoms in total. The predicted molar refractivity (Wildman–Crippen MR) is 85.3 cm³/mol. The van der Waals surface area contributed by atoms with E-state index in [9.17, 15) is 13.2 Å². The van der Waals surface area contributed by atoms with E-state index >= 15 is 0 Å². The Morgan fingerprint density at radius 3 is 2.50 bits per heavy atom. The van der Waals surface area contributed by atoms with Crippen molar-refractivity contribution in [3.63, 3.8) is 0 Å². The molecule has 6 heteroatoms. The van der Waals surface area contributed by atoms with Gasteiger partial charge in [0.25, 0.3) is 0 Å². The zero-order valence-electron chi connectivity index (χ0n) is 13.1. The van der Waals surface area contributed by atoms with Gasteiger partial charge in [0.05, 0.1) is 4.90 Å². The van der Waals surface area contributed by atoms with E-state index in [-0.39, 0.29) is 11.3 Å². The van der Waals surface area contributed by atoms with Crippen LogP contribution in [0, 0.1) is 0 Å². The summed E-state index contributed by atoms with van der Waals surface area (Å²) in [6, 6.07) is 5.05. The van der Waals surface area contributed by atoms with Crippen LogP contribution in [0.3, 0.4) is 0 Å². The van der Waals surface area contributed by atoms with Gasteiger partial charge in [0.15, 0.2) is 0 Å². The van der Waals surface area contributed by atoms with Gasteiger partial charge in [-0.15, -0.1) is 0 Å². The summed E-state index contributed by atoms with van der Waals surface area (Å²) in [7, 11) is -3.44. The van der Waals surface area contributed by atoms with E-state index in [1.54, 1.807) is 22.5 Å². The summed E-state index contributed by atoms with van der Waals surface area (Å²) in [5, 5.41) is 2.83. The topological polar surface area (TPSA) is 66.5 Å². The maximum atomic E-state index is 12.8. The molecule has 3 rings (SSSR count). The minimum absolute atomic E-state index is 0.0239. The van der Waals surface area contributed by atoms with Gasteiger partial charge >= 0.3 is 0 Å². The molecule has 2 aliphatic heterocycles. The zero-order valence-corrected chi connectivity index (χ0v) is 13.9. The van der Waals surface area contributed by atoms with Crippen LogP contribution in [0.5, 0.6) is 0 Å². The van der Waals surface area contributed by atoms with Crippen LogP contribution in [0.1, 0.15) is 45.1 Å². The average Bonchev–Trinajstić information content (AvgIpc) is 2.47. The fourth-order valence-electron chi connectivity index (χ4n) is 3.30. The lowest BCUT2D eigenvalue weighted by Gasteiger charge is -2.33. The van der Waals surface area contributed by atoms with E-state index in [2.05, 4.69) is 5.32 Å². The summed E-state index contributed by atoms with van der Waals surface area (Å²) in [6.45, 7) is 5.14. The van der Waals surface area contributed by atoms with Crippen LogP contribution in [0.25, 0.3) is 0 Å². The molecule has 0 saturated carbocycles. The number of hydrogen-bond acceptors (Lipinski definition) is 3. The molecular weight excluding hydrogens is 300 g/mol. The lowest BCUT2D eigenvalue weighted by atomic mass is 9.78. The molecule has 0 bridgehead atoms. The number of carbonyl (C=O) groups is 1. The lowest BCUT2D eigenvalue weighted by molar-refractivity contribution is -0.117. The molecule has 1 aromatic rings.